The minimum atomic E-state index is -5.01. The van der Waals surface area contributed by atoms with E-state index in [-0.39, 0.29) is 5.75 Å². The number of ether oxygens (including phenoxy) is 2. The van der Waals surface area contributed by atoms with Crippen molar-refractivity contribution in [2.45, 2.75) is 63.2 Å². The lowest BCUT2D eigenvalue weighted by Gasteiger charge is -2.34. The highest BCUT2D eigenvalue weighted by Crippen LogP contribution is 2.55. The Hall–Kier alpha value is -4.09. The van der Waals surface area contributed by atoms with Crippen LogP contribution in [0.1, 0.15) is 27.0 Å². The molecular weight excluding hydrogens is 643 g/mol. The number of hydrogen-bond donors (Lipinski definition) is 4. The summed E-state index contributed by atoms with van der Waals surface area (Å²) in [6, 6.07) is 9.76. The van der Waals surface area contributed by atoms with E-state index in [1.54, 1.807) is 44.2 Å². The van der Waals surface area contributed by atoms with Gasteiger partial charge >= 0.3 is 19.6 Å². The number of esters is 1. The van der Waals surface area contributed by atoms with E-state index in [2.05, 4.69) is 20.0 Å². The minimum Gasteiger partial charge on any atom is -0.462 e. The Kier molecular flexibility index (Phi) is 8.87. The van der Waals surface area contributed by atoms with E-state index >= 15 is 8.78 Å². The van der Waals surface area contributed by atoms with Gasteiger partial charge in [-0.15, -0.1) is 0 Å². The molecule has 0 spiro atoms. The summed E-state index contributed by atoms with van der Waals surface area (Å²) in [4.78, 5) is 34.4. The number of nitrogens with two attached hydrogens (primary N) is 1. The van der Waals surface area contributed by atoms with Gasteiger partial charge in [0.25, 0.3) is 12.0 Å². The Morgan fingerprint density at radius 2 is 1.91 bits per heavy atom. The molecule has 19 heteroatoms. The number of imidazole rings is 1. The molecule has 5 unspecified atom stereocenters. The number of hydrogen-bond acceptors (Lipinski definition) is 11. The third kappa shape index (κ3) is 5.93. The Morgan fingerprint density at radius 3 is 2.61 bits per heavy atom. The van der Waals surface area contributed by atoms with Gasteiger partial charge in [-0.1, -0.05) is 36.4 Å². The number of rotatable bonds is 11. The maximum absolute atomic E-state index is 15.7. The van der Waals surface area contributed by atoms with E-state index in [1.807, 2.05) is 0 Å². The molecule has 4 aromatic rings. The lowest BCUT2D eigenvalue weighted by Crippen LogP contribution is -2.57. The molecule has 14 nitrogen and oxygen atoms in total. The predicted octanol–water partition coefficient (Wildman–Crippen LogP) is 3.52. The zero-order valence-electron chi connectivity index (χ0n) is 24.4. The fraction of sp³-hybridized carbons (Fsp3) is 0.407. The molecule has 1 fully saturated rings. The summed E-state index contributed by atoms with van der Waals surface area (Å²) in [5.74, 6) is -6.26. The van der Waals surface area contributed by atoms with Gasteiger partial charge in [-0.05, 0) is 32.2 Å². The normalized spacial score (nSPS) is 23.2. The van der Waals surface area contributed by atoms with Gasteiger partial charge in [-0.2, -0.15) is 18.9 Å². The fourth-order valence-electron chi connectivity index (χ4n) is 4.82. The number of aliphatic hydroxyl groups is 1. The third-order valence-corrected chi connectivity index (χ3v) is 8.70. The second kappa shape index (κ2) is 12.3. The van der Waals surface area contributed by atoms with Crippen molar-refractivity contribution in [3.8, 4) is 5.75 Å². The van der Waals surface area contributed by atoms with Crippen LogP contribution in [0.5, 0.6) is 5.75 Å². The first-order valence-electron chi connectivity index (χ1n) is 13.7. The number of benzene rings is 2. The van der Waals surface area contributed by atoms with Crippen LogP contribution >= 0.6 is 7.75 Å². The van der Waals surface area contributed by atoms with Gasteiger partial charge in [0.2, 0.25) is 11.5 Å². The van der Waals surface area contributed by atoms with Crippen LogP contribution < -0.4 is 20.9 Å². The van der Waals surface area contributed by atoms with Crippen molar-refractivity contribution >= 4 is 41.6 Å². The quantitative estimate of drug-likeness (QED) is 0.103. The van der Waals surface area contributed by atoms with Gasteiger partial charge in [-0.3, -0.25) is 23.7 Å². The summed E-state index contributed by atoms with van der Waals surface area (Å²) in [6.45, 7) is 2.48. The highest BCUT2D eigenvalue weighted by molar-refractivity contribution is 7.52. The number of nitrogens with zero attached hydrogens (tertiary/aromatic N) is 3. The number of halogens is 4. The molecule has 248 valence electrons. The van der Waals surface area contributed by atoms with Crippen LogP contribution in [-0.2, 0) is 23.4 Å². The van der Waals surface area contributed by atoms with Crippen molar-refractivity contribution in [1.82, 2.24) is 24.6 Å². The minimum absolute atomic E-state index is 0.0970. The van der Waals surface area contributed by atoms with Crippen LogP contribution in [0.3, 0.4) is 0 Å². The summed E-state index contributed by atoms with van der Waals surface area (Å²) < 4.78 is 96.8. The van der Waals surface area contributed by atoms with E-state index in [0.717, 1.165) is 6.33 Å². The van der Waals surface area contributed by atoms with Crippen LogP contribution in [0.15, 0.2) is 53.6 Å². The number of H-pyrrole nitrogens is 1. The topological polar surface area (TPSA) is 193 Å². The van der Waals surface area contributed by atoms with Gasteiger partial charge < -0.3 is 24.8 Å². The molecule has 1 saturated heterocycles. The van der Waals surface area contributed by atoms with E-state index in [4.69, 9.17) is 24.3 Å². The second-order valence-corrected chi connectivity index (χ2v) is 12.4. The van der Waals surface area contributed by atoms with E-state index in [0.29, 0.717) is 15.3 Å². The smallest absolute Gasteiger partial charge is 0.459 e. The maximum Gasteiger partial charge on any atom is 0.459 e. The van der Waals surface area contributed by atoms with Crippen molar-refractivity contribution in [3.63, 3.8) is 0 Å². The zero-order valence-corrected chi connectivity index (χ0v) is 25.3. The van der Waals surface area contributed by atoms with Gasteiger partial charge in [-0.25, -0.2) is 18.3 Å². The molecule has 5 atom stereocenters. The SMILES string of the molecule is CC(C)OC(=O)C(C)NP(=O)(OCC1(C(F)F)OC(n2cnc3c(=O)[nH]c(N)nc32)C(O)C1(F)F)Oc1cccc2ccccc12. The number of aliphatic hydroxyl groups excluding tert-OH is 1. The molecule has 46 heavy (non-hydrogen) atoms. The highest BCUT2D eigenvalue weighted by Gasteiger charge is 2.74. The monoisotopic (exact) mass is 672 g/mol. The Labute approximate surface area is 257 Å². The molecule has 2 aromatic carbocycles. The first-order valence-corrected chi connectivity index (χ1v) is 15.3. The number of alkyl halides is 4. The number of nitrogen functional groups attached to an aromatic ring is 1. The highest BCUT2D eigenvalue weighted by atomic mass is 31.2. The summed E-state index contributed by atoms with van der Waals surface area (Å²) in [5, 5.41) is 13.9. The van der Waals surface area contributed by atoms with Crippen LogP contribution in [-0.4, -0.2) is 73.4 Å². The maximum atomic E-state index is 15.7. The number of aromatic amines is 1. The number of aromatic nitrogens is 4. The van der Waals surface area contributed by atoms with Crippen LogP contribution in [0, 0.1) is 0 Å². The van der Waals surface area contributed by atoms with Crippen molar-refractivity contribution in [1.29, 1.82) is 0 Å². The standard InChI is InChI=1S/C27H29F4N6O8P/c1-13(2)43-23(40)14(3)36-46(41,45-17-10-6-8-15-7-4-5-9-16(15)17)42-11-26(24(28)29)27(30,31)19(38)22(44-26)37-12-33-18-20(37)34-25(32)35-21(18)39/h4-10,12-14,19,22,24,38H,11H2,1-3H3,(H,36,41)(H3,32,34,35,39). The number of anilines is 1. The first kappa shape index (κ1) is 33.3. The van der Waals surface area contributed by atoms with Crippen molar-refractivity contribution in [2.24, 2.45) is 0 Å². The predicted molar refractivity (Wildman–Crippen MR) is 154 cm³/mol. The number of fused-ring (bicyclic) bond motifs is 2. The average Bonchev–Trinajstić information content (AvgIpc) is 3.48. The molecule has 1 aliphatic heterocycles. The van der Waals surface area contributed by atoms with Gasteiger partial charge in [0.05, 0.1) is 19.0 Å². The number of nitrogens with one attached hydrogen (secondary N) is 2. The molecule has 5 N–H and O–H groups in total. The first-order chi connectivity index (χ1) is 21.6. The molecule has 0 radical (unpaired) electrons. The molecular formula is C27H29F4N6O8P. The van der Waals surface area contributed by atoms with E-state index in [1.165, 1.54) is 19.1 Å². The van der Waals surface area contributed by atoms with E-state index in [9.17, 15) is 28.0 Å². The molecule has 0 amide bonds. The molecule has 3 heterocycles. The van der Waals surface area contributed by atoms with E-state index < -0.39 is 85.4 Å². The van der Waals surface area contributed by atoms with Gasteiger partial charge in [0.1, 0.15) is 11.8 Å². The molecule has 0 saturated carbocycles. The number of carbonyl (C=O) groups excluding carboxylic acids is 1. The fourth-order valence-corrected chi connectivity index (χ4v) is 6.36. The average molecular weight is 673 g/mol. The lowest BCUT2D eigenvalue weighted by atomic mass is 9.95. The largest absolute Gasteiger partial charge is 0.462 e. The summed E-state index contributed by atoms with van der Waals surface area (Å²) in [7, 11) is -5.01. The van der Waals surface area contributed by atoms with Gasteiger partial charge in [0, 0.05) is 5.39 Å². The van der Waals surface area contributed by atoms with Crippen LogP contribution in [0.2, 0.25) is 0 Å². The van der Waals surface area contributed by atoms with Crippen molar-refractivity contribution in [2.75, 3.05) is 12.3 Å². The molecule has 0 aliphatic carbocycles. The Bertz CT molecular complexity index is 1870. The van der Waals surface area contributed by atoms with Crippen molar-refractivity contribution < 1.29 is 50.5 Å². The molecule has 0 bridgehead atoms. The molecule has 1 aliphatic rings. The van der Waals surface area contributed by atoms with Gasteiger partial charge in [0.15, 0.2) is 23.5 Å². The second-order valence-electron chi connectivity index (χ2n) is 10.7. The molecule has 2 aromatic heterocycles. The summed E-state index contributed by atoms with van der Waals surface area (Å²) in [6.07, 6.45) is -9.15. The molecule has 5 rings (SSSR count). The Morgan fingerprint density at radius 1 is 1.22 bits per heavy atom. The summed E-state index contributed by atoms with van der Waals surface area (Å²) >= 11 is 0. The Balaban J connectivity index is 1.52. The summed E-state index contributed by atoms with van der Waals surface area (Å²) in [5.41, 5.74) is -0.126. The van der Waals surface area contributed by atoms with Crippen molar-refractivity contribution in [3.05, 3.63) is 59.1 Å². The van der Waals surface area contributed by atoms with Crippen LogP contribution in [0.25, 0.3) is 21.9 Å². The van der Waals surface area contributed by atoms with Crippen LogP contribution in [0.4, 0.5) is 23.5 Å². The number of carbonyl (C=O) groups is 1. The lowest BCUT2D eigenvalue weighted by molar-refractivity contribution is -0.241. The zero-order chi connectivity index (χ0) is 33.6. The third-order valence-electron chi connectivity index (χ3n) is 7.09.